The fraction of sp³-hybridized carbons (Fsp3) is 0.474. The second-order valence-corrected chi connectivity index (χ2v) is 18.7. The van der Waals surface area contributed by atoms with Crippen LogP contribution in [0, 0.1) is 6.92 Å². The van der Waals surface area contributed by atoms with Gasteiger partial charge in [0.15, 0.2) is 0 Å². The Bertz CT molecular complexity index is 967. The Hall–Kier alpha value is -1.18. The smallest absolute Gasteiger partial charge is 0.247 e. The lowest BCUT2D eigenvalue weighted by molar-refractivity contribution is 0.596. The fourth-order valence-electron chi connectivity index (χ4n) is 2.85. The molecule has 0 saturated heterocycles. The van der Waals surface area contributed by atoms with Crippen LogP contribution < -0.4 is 0 Å². The molecule has 0 bridgehead atoms. The average molecular weight is 412 g/mol. The van der Waals surface area contributed by atoms with Gasteiger partial charge in [-0.2, -0.15) is 8.42 Å². The van der Waals surface area contributed by atoms with Gasteiger partial charge in [-0.1, -0.05) is 60.8 Å². The summed E-state index contributed by atoms with van der Waals surface area (Å²) < 4.78 is 43.3. The Kier molecular flexibility index (Phi) is 5.49. The Balaban J connectivity index is 2.71. The molecule has 1 aliphatic rings. The molecule has 1 aromatic carbocycles. The van der Waals surface area contributed by atoms with Crippen molar-refractivity contribution in [3.63, 3.8) is 0 Å². The number of nitrogens with zero attached hydrogens (tertiary/aromatic N) is 1. The number of aryl methyl sites for hydroxylation is 1. The normalized spacial score (nSPS) is 20.6. The summed E-state index contributed by atoms with van der Waals surface area (Å²) in [6.07, 6.45) is 5.74. The summed E-state index contributed by atoms with van der Waals surface area (Å²) in [6, 6.07) is 6.50. The molecule has 0 heterocycles. The molecule has 7 heteroatoms. The molecule has 0 aliphatic heterocycles. The molecule has 1 aliphatic carbocycles. The number of allylic oxidation sites excluding steroid dienone is 2. The van der Waals surface area contributed by atoms with Gasteiger partial charge in [-0.25, -0.2) is 4.21 Å². The number of sulfonamides is 1. The van der Waals surface area contributed by atoms with E-state index in [9.17, 15) is 12.6 Å². The summed E-state index contributed by atoms with van der Waals surface area (Å²) in [5.74, 6) is 0. The molecule has 2 rings (SSSR count). The second kappa shape index (κ2) is 6.76. The molecule has 26 heavy (non-hydrogen) atoms. The van der Waals surface area contributed by atoms with Crippen LogP contribution >= 0.6 is 0 Å². The van der Waals surface area contributed by atoms with Crippen molar-refractivity contribution < 1.29 is 12.6 Å². The number of rotatable bonds is 4. The van der Waals surface area contributed by atoms with E-state index in [4.69, 9.17) is 0 Å². The largest absolute Gasteiger partial charge is 0.290 e. The quantitative estimate of drug-likeness (QED) is 0.675. The highest BCUT2D eigenvalue weighted by Crippen LogP contribution is 2.36. The second-order valence-electron chi connectivity index (χ2n) is 8.72. The van der Waals surface area contributed by atoms with Gasteiger partial charge < -0.3 is 0 Å². The predicted molar refractivity (Wildman–Crippen MR) is 113 cm³/mol. The first-order chi connectivity index (χ1) is 11.7. The molecule has 1 aromatic rings. The molecule has 2 atom stereocenters. The minimum Gasteiger partial charge on any atom is -0.247 e. The van der Waals surface area contributed by atoms with Crippen LogP contribution in [-0.4, -0.2) is 30.7 Å². The summed E-state index contributed by atoms with van der Waals surface area (Å²) in [6.45, 7) is 13.8. The van der Waals surface area contributed by atoms with Gasteiger partial charge in [-0.15, -0.1) is 3.77 Å². The monoisotopic (exact) mass is 411 g/mol. The Morgan fingerprint density at radius 2 is 1.54 bits per heavy atom. The van der Waals surface area contributed by atoms with Crippen LogP contribution in [0.4, 0.5) is 0 Å². The van der Waals surface area contributed by atoms with Crippen molar-refractivity contribution in [3.8, 4) is 0 Å². The van der Waals surface area contributed by atoms with Crippen LogP contribution in [0.15, 0.2) is 56.4 Å². The highest BCUT2D eigenvalue weighted by Gasteiger charge is 2.42. The van der Waals surface area contributed by atoms with Gasteiger partial charge in [-0.3, -0.25) is 0 Å². The van der Waals surface area contributed by atoms with Gasteiger partial charge >= 0.3 is 0 Å². The molecular formula is C19H29NO3S2Si. The average Bonchev–Trinajstić information content (AvgIpc) is 2.96. The molecular weight excluding hydrogens is 382 g/mol. The van der Waals surface area contributed by atoms with Crippen LogP contribution in [0.5, 0.6) is 0 Å². The van der Waals surface area contributed by atoms with Crippen molar-refractivity contribution in [2.24, 2.45) is 3.77 Å². The minimum atomic E-state index is -4.02. The van der Waals surface area contributed by atoms with Crippen LogP contribution in [-0.2, 0) is 19.8 Å². The molecule has 2 unspecified atom stereocenters. The van der Waals surface area contributed by atoms with Crippen molar-refractivity contribution in [1.82, 2.24) is 0 Å². The van der Waals surface area contributed by atoms with Crippen molar-refractivity contribution in [2.45, 2.75) is 62.2 Å². The molecule has 0 spiro atoms. The van der Waals surface area contributed by atoms with E-state index in [2.05, 4.69) is 23.4 Å². The number of benzene rings is 1. The Morgan fingerprint density at radius 3 is 2.00 bits per heavy atom. The van der Waals surface area contributed by atoms with Crippen LogP contribution in [0.2, 0.25) is 19.6 Å². The van der Waals surface area contributed by atoms with E-state index >= 15 is 0 Å². The molecule has 4 nitrogen and oxygen atoms in total. The van der Waals surface area contributed by atoms with E-state index < -0.39 is 37.8 Å². The number of hydrogen-bond acceptors (Lipinski definition) is 3. The van der Waals surface area contributed by atoms with Crippen LogP contribution in [0.1, 0.15) is 26.3 Å². The third-order valence-corrected chi connectivity index (χ3v) is 12.3. The lowest BCUT2D eigenvalue weighted by Gasteiger charge is -2.33. The lowest BCUT2D eigenvalue weighted by atomic mass is 10.2. The summed E-state index contributed by atoms with van der Waals surface area (Å²) in [4.78, 5) is 0.0839. The van der Waals surface area contributed by atoms with Crippen molar-refractivity contribution in [2.75, 3.05) is 0 Å². The summed E-state index contributed by atoms with van der Waals surface area (Å²) >= 11 is 0. The van der Waals surface area contributed by atoms with Crippen molar-refractivity contribution in [3.05, 3.63) is 53.3 Å². The molecule has 0 fully saturated rings. The summed E-state index contributed by atoms with van der Waals surface area (Å²) in [5.41, 5.74) is 0.961. The first-order valence-electron chi connectivity index (χ1n) is 8.66. The maximum absolute atomic E-state index is 14.1. The van der Waals surface area contributed by atoms with Crippen molar-refractivity contribution >= 4 is 27.8 Å². The molecule has 0 aromatic heterocycles. The number of hydrogen-bond donors (Lipinski definition) is 0. The molecule has 0 saturated carbocycles. The third-order valence-electron chi connectivity index (χ3n) is 4.48. The highest BCUT2D eigenvalue weighted by molar-refractivity contribution is 8.04. The fourth-order valence-corrected chi connectivity index (χ4v) is 10.7. The first-order valence-corrected chi connectivity index (χ1v) is 15.2. The maximum Gasteiger partial charge on any atom is 0.290 e. The molecule has 0 N–H and O–H groups in total. The maximum atomic E-state index is 14.1. The van der Waals surface area contributed by atoms with Gasteiger partial charge in [-0.05, 0) is 39.8 Å². The summed E-state index contributed by atoms with van der Waals surface area (Å²) in [7, 11) is -8.91. The van der Waals surface area contributed by atoms with E-state index in [-0.39, 0.29) is 4.90 Å². The zero-order valence-electron chi connectivity index (χ0n) is 16.6. The SMILES string of the molecule is Cc1ccc(S(=O)(=O)N=S(=O)(C2C=CC=C2[Si](C)(C)C)C(C)(C)C)cc1. The zero-order valence-corrected chi connectivity index (χ0v) is 19.2. The molecule has 144 valence electrons. The topological polar surface area (TPSA) is 63.6 Å². The first kappa shape index (κ1) is 21.1. The Morgan fingerprint density at radius 1 is 1.00 bits per heavy atom. The standard InChI is InChI=1S/C19H29NO3S2Si/c1-15-11-13-16(14-12-15)25(22,23)20-24(21,19(2,3)4)17-9-8-10-18(17)26(5,6)7/h8-14,17H,1-7H3. The van der Waals surface area contributed by atoms with E-state index in [1.165, 1.54) is 12.1 Å². The van der Waals surface area contributed by atoms with Crippen molar-refractivity contribution in [1.29, 1.82) is 0 Å². The van der Waals surface area contributed by atoms with Gasteiger partial charge in [0, 0.05) is 4.75 Å². The van der Waals surface area contributed by atoms with E-state index in [0.29, 0.717) is 0 Å². The van der Waals surface area contributed by atoms with Gasteiger partial charge in [0.05, 0.1) is 27.9 Å². The van der Waals surface area contributed by atoms with Crippen LogP contribution in [0.3, 0.4) is 0 Å². The van der Waals surface area contributed by atoms with E-state index in [1.54, 1.807) is 32.9 Å². The van der Waals surface area contributed by atoms with Crippen LogP contribution in [0.25, 0.3) is 0 Å². The minimum absolute atomic E-state index is 0.0839. The zero-order chi connectivity index (χ0) is 20.0. The van der Waals surface area contributed by atoms with Gasteiger partial charge in [0.2, 0.25) is 0 Å². The predicted octanol–water partition coefficient (Wildman–Crippen LogP) is 4.69. The Labute approximate surface area is 159 Å². The lowest BCUT2D eigenvalue weighted by Crippen LogP contribution is -2.42. The highest BCUT2D eigenvalue weighted by atomic mass is 32.3. The third kappa shape index (κ3) is 4.04. The molecule has 0 amide bonds. The van der Waals surface area contributed by atoms with E-state index in [0.717, 1.165) is 10.8 Å². The van der Waals surface area contributed by atoms with E-state index in [1.807, 2.05) is 25.2 Å². The summed E-state index contributed by atoms with van der Waals surface area (Å²) in [5, 5.41) is 0.620. The van der Waals surface area contributed by atoms with Gasteiger partial charge in [0.1, 0.15) is 0 Å². The van der Waals surface area contributed by atoms with Gasteiger partial charge in [0.25, 0.3) is 10.0 Å². The molecule has 0 radical (unpaired) electrons.